The Balaban J connectivity index is 1.46. The molecule has 25 heavy (non-hydrogen) atoms. The Bertz CT molecular complexity index is 696. The molecule has 6 nitrogen and oxygen atoms in total. The number of hydrogen-bond acceptors (Lipinski definition) is 5. The monoisotopic (exact) mass is 382 g/mol. The maximum absolute atomic E-state index is 12.3. The molecule has 0 aromatic heterocycles. The van der Waals surface area contributed by atoms with E-state index >= 15 is 0 Å². The molecule has 0 radical (unpaired) electrons. The average Bonchev–Trinajstić information content (AvgIpc) is 3.08. The first-order valence-electron chi connectivity index (χ1n) is 8.03. The molecule has 2 aliphatic rings. The van der Waals surface area contributed by atoms with Crippen LogP contribution in [0.5, 0.6) is 0 Å². The van der Waals surface area contributed by atoms with E-state index in [0.29, 0.717) is 23.7 Å². The van der Waals surface area contributed by atoms with Gasteiger partial charge >= 0.3 is 5.97 Å². The van der Waals surface area contributed by atoms with Crippen LogP contribution in [0.3, 0.4) is 0 Å². The molecule has 2 aliphatic heterocycles. The van der Waals surface area contributed by atoms with Crippen molar-refractivity contribution in [3.05, 3.63) is 34.9 Å². The van der Waals surface area contributed by atoms with Crippen LogP contribution in [-0.4, -0.2) is 46.0 Å². The van der Waals surface area contributed by atoms with Crippen molar-refractivity contribution in [2.75, 3.05) is 12.4 Å². The Kier molecular flexibility index (Phi) is 5.24. The molecular weight excluding hydrogens is 364 g/mol. The van der Waals surface area contributed by atoms with Crippen molar-refractivity contribution in [2.45, 2.75) is 37.2 Å². The topological polar surface area (TPSA) is 75.7 Å². The molecule has 0 bridgehead atoms. The van der Waals surface area contributed by atoms with Crippen LogP contribution < -0.4 is 5.32 Å². The van der Waals surface area contributed by atoms with Crippen molar-refractivity contribution in [1.29, 1.82) is 0 Å². The van der Waals surface area contributed by atoms with Gasteiger partial charge in [0.05, 0.1) is 4.87 Å². The minimum atomic E-state index is -0.603. The highest BCUT2D eigenvalue weighted by Crippen LogP contribution is 2.47. The third-order valence-corrected chi connectivity index (χ3v) is 6.22. The molecule has 1 aromatic rings. The van der Waals surface area contributed by atoms with E-state index in [9.17, 15) is 14.4 Å². The van der Waals surface area contributed by atoms with Gasteiger partial charge in [-0.3, -0.25) is 9.59 Å². The SMILES string of the molecule is C[C@]12CCC(=O)N1[C@H](C(=O)OCC(=O)NCc1ccc(Cl)cc1)CS2. The normalized spacial score (nSPS) is 25.0. The van der Waals surface area contributed by atoms with E-state index in [1.807, 2.05) is 19.1 Å². The maximum Gasteiger partial charge on any atom is 0.330 e. The first kappa shape index (κ1) is 18.1. The third-order valence-electron chi connectivity index (χ3n) is 4.47. The van der Waals surface area contributed by atoms with E-state index in [0.717, 1.165) is 12.0 Å². The standard InChI is InChI=1S/C17H19ClN2O4S/c1-17-7-6-15(22)20(17)13(10-25-17)16(23)24-9-14(21)19-8-11-2-4-12(18)5-3-11/h2-5,13H,6-10H2,1H3,(H,19,21)/t13-,17-/m0/s1. The highest BCUT2D eigenvalue weighted by atomic mass is 35.5. The minimum Gasteiger partial charge on any atom is -0.454 e. The van der Waals surface area contributed by atoms with Crippen LogP contribution in [0.15, 0.2) is 24.3 Å². The second-order valence-corrected chi connectivity index (χ2v) is 8.21. The number of esters is 1. The van der Waals surface area contributed by atoms with Crippen LogP contribution in [0.2, 0.25) is 5.02 Å². The molecule has 134 valence electrons. The summed E-state index contributed by atoms with van der Waals surface area (Å²) in [4.78, 5) is 37.4. The second-order valence-electron chi connectivity index (χ2n) is 6.28. The van der Waals surface area contributed by atoms with E-state index in [4.69, 9.17) is 16.3 Å². The lowest BCUT2D eigenvalue weighted by Crippen LogP contribution is -2.47. The fourth-order valence-corrected chi connectivity index (χ4v) is 4.62. The summed E-state index contributed by atoms with van der Waals surface area (Å²) in [5, 5.41) is 3.31. The number of ether oxygens (including phenoxy) is 1. The van der Waals surface area contributed by atoms with E-state index in [2.05, 4.69) is 5.32 Å². The quantitative estimate of drug-likeness (QED) is 0.788. The van der Waals surface area contributed by atoms with Crippen molar-refractivity contribution in [1.82, 2.24) is 10.2 Å². The summed E-state index contributed by atoms with van der Waals surface area (Å²) in [5.41, 5.74) is 0.898. The van der Waals surface area contributed by atoms with E-state index < -0.39 is 12.0 Å². The summed E-state index contributed by atoms with van der Waals surface area (Å²) < 4.78 is 5.12. The summed E-state index contributed by atoms with van der Waals surface area (Å²) in [5.74, 6) is -0.424. The molecular formula is C17H19ClN2O4S. The Morgan fingerprint density at radius 3 is 2.84 bits per heavy atom. The van der Waals surface area contributed by atoms with Gasteiger partial charge in [-0.15, -0.1) is 11.8 Å². The van der Waals surface area contributed by atoms with Crippen LogP contribution in [0, 0.1) is 0 Å². The molecule has 3 rings (SSSR count). The Labute approximate surface area is 155 Å². The average molecular weight is 383 g/mol. The number of hydrogen-bond donors (Lipinski definition) is 1. The van der Waals surface area contributed by atoms with Crippen LogP contribution in [0.4, 0.5) is 0 Å². The highest BCUT2D eigenvalue weighted by molar-refractivity contribution is 8.01. The molecule has 2 heterocycles. The summed E-state index contributed by atoms with van der Waals surface area (Å²) >= 11 is 7.40. The fraction of sp³-hybridized carbons (Fsp3) is 0.471. The zero-order valence-corrected chi connectivity index (χ0v) is 15.4. The molecule has 1 aromatic carbocycles. The van der Waals surface area contributed by atoms with Crippen molar-refractivity contribution in [2.24, 2.45) is 0 Å². The van der Waals surface area contributed by atoms with Gasteiger partial charge in [0, 0.05) is 23.7 Å². The summed E-state index contributed by atoms with van der Waals surface area (Å²) in [6, 6.07) is 6.50. The maximum atomic E-state index is 12.3. The lowest BCUT2D eigenvalue weighted by molar-refractivity contribution is -0.156. The van der Waals surface area contributed by atoms with Gasteiger partial charge in [-0.25, -0.2) is 4.79 Å². The third kappa shape index (κ3) is 3.93. The van der Waals surface area contributed by atoms with Gasteiger partial charge < -0.3 is 15.0 Å². The molecule has 2 atom stereocenters. The van der Waals surface area contributed by atoms with Gasteiger partial charge in [-0.2, -0.15) is 0 Å². The summed E-state index contributed by atoms with van der Waals surface area (Å²) in [6.07, 6.45) is 1.19. The molecule has 1 N–H and O–H groups in total. The number of carbonyl (C=O) groups is 3. The smallest absolute Gasteiger partial charge is 0.330 e. The van der Waals surface area contributed by atoms with Crippen LogP contribution in [0.25, 0.3) is 0 Å². The molecule has 0 spiro atoms. The number of nitrogens with zero attached hydrogens (tertiary/aromatic N) is 1. The van der Waals surface area contributed by atoms with Gasteiger partial charge in [0.2, 0.25) is 5.91 Å². The molecule has 0 saturated carbocycles. The van der Waals surface area contributed by atoms with Crippen LogP contribution >= 0.6 is 23.4 Å². The Morgan fingerprint density at radius 2 is 2.12 bits per heavy atom. The zero-order chi connectivity index (χ0) is 18.0. The first-order valence-corrected chi connectivity index (χ1v) is 9.39. The predicted molar refractivity (Wildman–Crippen MR) is 95.0 cm³/mol. The van der Waals surface area contributed by atoms with Crippen LogP contribution in [-0.2, 0) is 25.7 Å². The number of thioether (sulfide) groups is 1. The van der Waals surface area contributed by atoms with Crippen molar-refractivity contribution in [3.8, 4) is 0 Å². The Hall–Kier alpha value is -1.73. The van der Waals surface area contributed by atoms with Crippen molar-refractivity contribution < 1.29 is 19.1 Å². The number of halogens is 1. The van der Waals surface area contributed by atoms with Gasteiger partial charge in [-0.05, 0) is 31.0 Å². The number of nitrogens with one attached hydrogen (secondary N) is 1. The zero-order valence-electron chi connectivity index (χ0n) is 13.8. The lowest BCUT2D eigenvalue weighted by atomic mass is 10.2. The van der Waals surface area contributed by atoms with Crippen molar-refractivity contribution >= 4 is 41.1 Å². The van der Waals surface area contributed by atoms with Crippen LogP contribution in [0.1, 0.15) is 25.3 Å². The number of carbonyl (C=O) groups excluding carboxylic acids is 3. The Morgan fingerprint density at radius 1 is 1.40 bits per heavy atom. The molecule has 0 aliphatic carbocycles. The number of fused-ring (bicyclic) bond motifs is 1. The first-order chi connectivity index (χ1) is 11.9. The minimum absolute atomic E-state index is 0.0263. The van der Waals surface area contributed by atoms with E-state index in [1.54, 1.807) is 28.8 Å². The number of amides is 2. The van der Waals surface area contributed by atoms with Crippen molar-refractivity contribution in [3.63, 3.8) is 0 Å². The van der Waals surface area contributed by atoms with Gasteiger partial charge in [0.25, 0.3) is 5.91 Å². The molecule has 2 saturated heterocycles. The largest absolute Gasteiger partial charge is 0.454 e. The second kappa shape index (κ2) is 7.25. The fourth-order valence-electron chi connectivity index (χ4n) is 3.08. The molecule has 8 heteroatoms. The van der Waals surface area contributed by atoms with Gasteiger partial charge in [0.15, 0.2) is 6.61 Å². The molecule has 2 amide bonds. The predicted octanol–water partition coefficient (Wildman–Crippen LogP) is 1.95. The van der Waals surface area contributed by atoms with Gasteiger partial charge in [-0.1, -0.05) is 23.7 Å². The summed E-state index contributed by atoms with van der Waals surface area (Å²) in [7, 11) is 0. The lowest BCUT2D eigenvalue weighted by Gasteiger charge is -2.29. The summed E-state index contributed by atoms with van der Waals surface area (Å²) in [6.45, 7) is 1.94. The highest BCUT2D eigenvalue weighted by Gasteiger charge is 2.53. The van der Waals surface area contributed by atoms with E-state index in [1.165, 1.54) is 0 Å². The van der Waals surface area contributed by atoms with Gasteiger partial charge in [0.1, 0.15) is 6.04 Å². The molecule has 2 fully saturated rings. The number of benzene rings is 1. The molecule has 0 unspecified atom stereocenters. The number of rotatable bonds is 5. The van der Waals surface area contributed by atoms with E-state index in [-0.39, 0.29) is 23.3 Å².